The minimum atomic E-state index is -3.81. The molecule has 2 aliphatic rings. The van der Waals surface area contributed by atoms with Gasteiger partial charge in [0.2, 0.25) is 0 Å². The van der Waals surface area contributed by atoms with Crippen molar-refractivity contribution in [3.05, 3.63) is 47.4 Å². The van der Waals surface area contributed by atoms with E-state index >= 15 is 0 Å². The highest BCUT2D eigenvalue weighted by Crippen LogP contribution is 2.43. The van der Waals surface area contributed by atoms with Gasteiger partial charge >= 0.3 is 0 Å². The Morgan fingerprint density at radius 3 is 2.90 bits per heavy atom. The highest BCUT2D eigenvalue weighted by atomic mass is 35.5. The summed E-state index contributed by atoms with van der Waals surface area (Å²) in [5.74, 6) is 6.32. The predicted molar refractivity (Wildman–Crippen MR) is 86.1 cm³/mol. The lowest BCUT2D eigenvalue weighted by molar-refractivity contribution is 0.594. The second-order valence-corrected chi connectivity index (χ2v) is 8.20. The molecular weight excluding hydrogens is 330 g/mol. The van der Waals surface area contributed by atoms with E-state index in [9.17, 15) is 8.42 Å². The van der Waals surface area contributed by atoms with E-state index in [0.29, 0.717) is 16.4 Å². The van der Waals surface area contributed by atoms with Crippen LogP contribution in [0.5, 0.6) is 0 Å². The Morgan fingerprint density at radius 1 is 1.52 bits per heavy atom. The van der Waals surface area contributed by atoms with Crippen LogP contribution in [-0.4, -0.2) is 14.3 Å². The highest BCUT2D eigenvalue weighted by Gasteiger charge is 2.41. The van der Waals surface area contributed by atoms with Gasteiger partial charge in [0.15, 0.2) is 10.0 Å². The van der Waals surface area contributed by atoms with Crippen molar-refractivity contribution in [1.29, 1.82) is 0 Å². The first-order valence-corrected chi connectivity index (χ1v) is 8.71. The van der Waals surface area contributed by atoms with Crippen molar-refractivity contribution in [2.24, 2.45) is 15.7 Å². The van der Waals surface area contributed by atoms with Gasteiger partial charge in [0.1, 0.15) is 0 Å². The molecule has 0 aromatic carbocycles. The van der Waals surface area contributed by atoms with Crippen LogP contribution in [0.3, 0.4) is 0 Å². The molecule has 1 aliphatic carbocycles. The lowest BCUT2D eigenvalue weighted by atomic mass is 9.80. The SMILES string of the molecule is C=CC1(C2=NS(=O)(=O)c3sc(Cl)cc3N2N)C=CC=CC1. The van der Waals surface area contributed by atoms with Crippen molar-refractivity contribution in [2.75, 3.05) is 5.01 Å². The number of thiophene rings is 1. The van der Waals surface area contributed by atoms with Gasteiger partial charge in [-0.2, -0.15) is 8.42 Å². The summed E-state index contributed by atoms with van der Waals surface area (Å²) < 4.78 is 29.0. The van der Waals surface area contributed by atoms with Gasteiger partial charge in [-0.15, -0.1) is 22.3 Å². The zero-order chi connectivity index (χ0) is 15.3. The third kappa shape index (κ3) is 2.17. The number of hydrogen-bond acceptors (Lipinski definition) is 5. The number of halogens is 1. The van der Waals surface area contributed by atoms with Crippen LogP contribution in [0.1, 0.15) is 6.42 Å². The molecule has 8 heteroatoms. The van der Waals surface area contributed by atoms with Crippen LogP contribution in [0.15, 0.2) is 51.6 Å². The molecule has 0 saturated carbocycles. The zero-order valence-electron chi connectivity index (χ0n) is 10.9. The van der Waals surface area contributed by atoms with E-state index < -0.39 is 15.4 Å². The fourth-order valence-electron chi connectivity index (χ4n) is 2.36. The molecule has 110 valence electrons. The van der Waals surface area contributed by atoms with Crippen LogP contribution in [0.2, 0.25) is 4.34 Å². The summed E-state index contributed by atoms with van der Waals surface area (Å²) in [6, 6.07) is 1.53. The first kappa shape index (κ1) is 14.5. The normalized spacial score (nSPS) is 26.4. The fourth-order valence-corrected chi connectivity index (χ4v) is 5.23. The first-order chi connectivity index (χ1) is 9.89. The molecule has 1 aromatic heterocycles. The number of anilines is 1. The molecule has 0 bridgehead atoms. The van der Waals surface area contributed by atoms with Crippen molar-refractivity contribution in [2.45, 2.75) is 10.6 Å². The number of nitrogens with two attached hydrogens (primary N) is 1. The van der Waals surface area contributed by atoms with Crippen LogP contribution < -0.4 is 10.9 Å². The van der Waals surface area contributed by atoms with Crippen molar-refractivity contribution in [1.82, 2.24) is 0 Å². The Bertz CT molecular complexity index is 807. The summed E-state index contributed by atoms with van der Waals surface area (Å²) in [7, 11) is -3.81. The van der Waals surface area contributed by atoms with Crippen LogP contribution in [-0.2, 0) is 10.0 Å². The van der Waals surface area contributed by atoms with Gasteiger partial charge < -0.3 is 0 Å². The van der Waals surface area contributed by atoms with E-state index in [1.54, 1.807) is 6.08 Å². The molecule has 1 aliphatic heterocycles. The lowest BCUT2D eigenvalue weighted by Gasteiger charge is -2.36. The zero-order valence-corrected chi connectivity index (χ0v) is 13.2. The van der Waals surface area contributed by atoms with E-state index in [-0.39, 0.29) is 10.0 Å². The average Bonchev–Trinajstić information content (AvgIpc) is 2.87. The minimum absolute atomic E-state index is 0.0632. The molecule has 3 rings (SSSR count). The molecule has 2 heterocycles. The van der Waals surface area contributed by atoms with Gasteiger partial charge in [0.05, 0.1) is 15.4 Å². The third-order valence-electron chi connectivity index (χ3n) is 3.46. The van der Waals surface area contributed by atoms with Gasteiger partial charge in [-0.25, -0.2) is 5.84 Å². The van der Waals surface area contributed by atoms with Gasteiger partial charge in [-0.05, 0) is 12.5 Å². The Hall–Kier alpha value is -1.41. The quantitative estimate of drug-likeness (QED) is 0.663. The van der Waals surface area contributed by atoms with Gasteiger partial charge in [-0.3, -0.25) is 5.01 Å². The number of hydrogen-bond donors (Lipinski definition) is 1. The number of hydrazine groups is 1. The van der Waals surface area contributed by atoms with E-state index in [0.717, 1.165) is 11.3 Å². The third-order valence-corrected chi connectivity index (χ3v) is 6.48. The van der Waals surface area contributed by atoms with Crippen molar-refractivity contribution >= 4 is 44.5 Å². The number of fused-ring (bicyclic) bond motifs is 1. The van der Waals surface area contributed by atoms with Crippen LogP contribution >= 0.6 is 22.9 Å². The summed E-state index contributed by atoms with van der Waals surface area (Å²) in [5.41, 5.74) is -0.401. The number of sulfonamides is 1. The molecule has 0 fully saturated rings. The minimum Gasteiger partial charge on any atom is -0.262 e. The molecule has 1 atom stereocenters. The topological polar surface area (TPSA) is 75.8 Å². The Labute approximate surface area is 131 Å². The van der Waals surface area contributed by atoms with Gasteiger partial charge in [-0.1, -0.05) is 42.0 Å². The van der Waals surface area contributed by atoms with Gasteiger partial charge in [0, 0.05) is 0 Å². The van der Waals surface area contributed by atoms with Crippen molar-refractivity contribution < 1.29 is 8.42 Å². The fraction of sp³-hybridized carbons (Fsp3) is 0.154. The highest BCUT2D eigenvalue weighted by molar-refractivity contribution is 7.92. The van der Waals surface area contributed by atoms with Crippen molar-refractivity contribution in [3.8, 4) is 0 Å². The molecule has 0 amide bonds. The maximum atomic E-state index is 12.3. The maximum Gasteiger partial charge on any atom is 0.295 e. The maximum absolute atomic E-state index is 12.3. The van der Waals surface area contributed by atoms with E-state index in [1.165, 1.54) is 11.1 Å². The van der Waals surface area contributed by atoms with E-state index in [1.807, 2.05) is 24.3 Å². The average molecular weight is 342 g/mol. The van der Waals surface area contributed by atoms with Crippen LogP contribution in [0.4, 0.5) is 5.69 Å². The standard InChI is InChI=1S/C13H12ClN3O2S2/c1-2-13(6-4-3-5-7-13)12-16-21(18,19)11-9(17(12)15)8-10(14)20-11/h2-6,8H,1,7,15H2. The summed E-state index contributed by atoms with van der Waals surface area (Å²) in [4.78, 5) is 0. The Kier molecular flexibility index (Phi) is 3.32. The van der Waals surface area contributed by atoms with Crippen LogP contribution in [0, 0.1) is 5.41 Å². The van der Waals surface area contributed by atoms with Crippen molar-refractivity contribution in [3.63, 3.8) is 0 Å². The summed E-state index contributed by atoms with van der Waals surface area (Å²) >= 11 is 6.87. The largest absolute Gasteiger partial charge is 0.295 e. The number of allylic oxidation sites excluding steroid dienone is 3. The first-order valence-electron chi connectivity index (χ1n) is 6.07. The molecule has 21 heavy (non-hydrogen) atoms. The smallest absolute Gasteiger partial charge is 0.262 e. The molecule has 1 unspecified atom stereocenters. The second kappa shape index (κ2) is 4.81. The monoisotopic (exact) mass is 341 g/mol. The molecule has 1 aromatic rings. The molecule has 5 nitrogen and oxygen atoms in total. The second-order valence-electron chi connectivity index (χ2n) is 4.72. The van der Waals surface area contributed by atoms with Crippen LogP contribution in [0.25, 0.3) is 0 Å². The lowest BCUT2D eigenvalue weighted by Crippen LogP contribution is -2.49. The number of rotatable bonds is 2. The summed E-state index contributed by atoms with van der Waals surface area (Å²) in [6.07, 6.45) is 9.66. The molecular formula is C13H12ClN3O2S2. The Morgan fingerprint density at radius 2 is 2.29 bits per heavy atom. The number of amidine groups is 1. The summed E-state index contributed by atoms with van der Waals surface area (Å²) in [6.45, 7) is 3.81. The van der Waals surface area contributed by atoms with E-state index in [2.05, 4.69) is 11.0 Å². The van der Waals surface area contributed by atoms with E-state index in [4.69, 9.17) is 17.4 Å². The predicted octanol–water partition coefficient (Wildman–Crippen LogP) is 2.87. The molecule has 0 spiro atoms. The Balaban J connectivity index is 2.21. The molecule has 0 saturated heterocycles. The summed E-state index contributed by atoms with van der Waals surface area (Å²) in [5, 5.41) is 1.28. The molecule has 0 radical (unpaired) electrons. The van der Waals surface area contributed by atoms with Gasteiger partial charge in [0.25, 0.3) is 10.0 Å². The molecule has 2 N–H and O–H groups in total. The number of nitrogens with zero attached hydrogens (tertiary/aromatic N) is 2.